The number of rotatable bonds is 4. The van der Waals surface area contributed by atoms with E-state index >= 15 is 0 Å². The molecule has 1 saturated heterocycles. The van der Waals surface area contributed by atoms with Gasteiger partial charge in [0.05, 0.1) is 11.9 Å². The molecular weight excluding hydrogens is 262 g/mol. The summed E-state index contributed by atoms with van der Waals surface area (Å²) in [5.41, 5.74) is 0. The van der Waals surface area contributed by atoms with Crippen LogP contribution in [0.4, 0.5) is 5.95 Å². The zero-order valence-corrected chi connectivity index (χ0v) is 11.8. The molecule has 1 aromatic heterocycles. The number of imidazole rings is 1. The first kappa shape index (κ1) is 13.0. The van der Waals surface area contributed by atoms with Crippen LogP contribution in [0.15, 0.2) is 12.4 Å². The van der Waals surface area contributed by atoms with Crippen LogP contribution in [0.25, 0.3) is 0 Å². The van der Waals surface area contributed by atoms with Gasteiger partial charge in [-0.05, 0) is 19.3 Å². The lowest BCUT2D eigenvalue weighted by molar-refractivity contribution is -0.116. The molecule has 1 fully saturated rings. The van der Waals surface area contributed by atoms with Gasteiger partial charge >= 0.3 is 0 Å². The van der Waals surface area contributed by atoms with Crippen molar-refractivity contribution in [3.8, 4) is 0 Å². The molecule has 0 radical (unpaired) electrons. The fraction of sp³-hybridized carbons (Fsp3) is 0.692. The average Bonchev–Trinajstić information content (AvgIpc) is 3.02. The van der Waals surface area contributed by atoms with E-state index in [0.717, 1.165) is 37.8 Å². The number of fused-ring (bicyclic) bond motifs is 1. The highest BCUT2D eigenvalue weighted by Crippen LogP contribution is 2.21. The Kier molecular flexibility index (Phi) is 4.08. The van der Waals surface area contributed by atoms with Crippen LogP contribution < -0.4 is 4.90 Å². The van der Waals surface area contributed by atoms with Crippen LogP contribution in [0.1, 0.15) is 19.3 Å². The third-order valence-electron chi connectivity index (χ3n) is 3.60. The van der Waals surface area contributed by atoms with E-state index in [2.05, 4.69) is 4.98 Å². The molecule has 3 heterocycles. The van der Waals surface area contributed by atoms with Gasteiger partial charge in [-0.1, -0.05) is 0 Å². The van der Waals surface area contributed by atoms with E-state index in [-0.39, 0.29) is 5.91 Å². The number of thioether (sulfide) groups is 1. The maximum absolute atomic E-state index is 12.2. The summed E-state index contributed by atoms with van der Waals surface area (Å²) in [6, 6.07) is 0. The summed E-state index contributed by atoms with van der Waals surface area (Å²) >= 11 is 1.68. The topological polar surface area (TPSA) is 47.4 Å². The van der Waals surface area contributed by atoms with Gasteiger partial charge in [-0.25, -0.2) is 4.98 Å². The van der Waals surface area contributed by atoms with Gasteiger partial charge in [-0.3, -0.25) is 9.69 Å². The van der Waals surface area contributed by atoms with E-state index < -0.39 is 0 Å². The maximum atomic E-state index is 12.2. The fourth-order valence-corrected chi connectivity index (χ4v) is 3.53. The zero-order valence-electron chi connectivity index (χ0n) is 11.0. The van der Waals surface area contributed by atoms with Crippen molar-refractivity contribution in [2.24, 2.45) is 0 Å². The number of amides is 1. The number of aromatic nitrogens is 2. The maximum Gasteiger partial charge on any atom is 0.239 e. The van der Waals surface area contributed by atoms with E-state index in [1.54, 1.807) is 22.9 Å². The lowest BCUT2D eigenvalue weighted by Gasteiger charge is -2.22. The molecule has 0 spiro atoms. The van der Waals surface area contributed by atoms with Gasteiger partial charge in [0.1, 0.15) is 0 Å². The zero-order chi connectivity index (χ0) is 13.1. The second-order valence-corrected chi connectivity index (χ2v) is 6.00. The van der Waals surface area contributed by atoms with E-state index in [9.17, 15) is 4.79 Å². The Morgan fingerprint density at radius 3 is 3.26 bits per heavy atom. The van der Waals surface area contributed by atoms with Crippen molar-refractivity contribution in [3.63, 3.8) is 0 Å². The Morgan fingerprint density at radius 1 is 1.47 bits per heavy atom. The lowest BCUT2D eigenvalue weighted by atomic mass is 10.1. The average molecular weight is 281 g/mol. The summed E-state index contributed by atoms with van der Waals surface area (Å²) in [5, 5.41) is 0. The molecule has 2 aliphatic rings. The summed E-state index contributed by atoms with van der Waals surface area (Å²) in [4.78, 5) is 18.2. The van der Waals surface area contributed by atoms with Crippen LogP contribution >= 0.6 is 11.8 Å². The standard InChI is InChI=1S/C13H19N3O2S/c17-12(10-19-9-11-3-1-2-8-18-11)16-7-6-15-5-4-14-13(15)16/h4-5,11H,1-3,6-10H2. The molecule has 3 rings (SSSR count). The van der Waals surface area contributed by atoms with E-state index in [1.165, 1.54) is 12.8 Å². The highest BCUT2D eigenvalue weighted by molar-refractivity contribution is 8.00. The van der Waals surface area contributed by atoms with Gasteiger partial charge in [-0.15, -0.1) is 11.8 Å². The van der Waals surface area contributed by atoms with Crippen molar-refractivity contribution in [1.82, 2.24) is 9.55 Å². The van der Waals surface area contributed by atoms with Gasteiger partial charge < -0.3 is 9.30 Å². The van der Waals surface area contributed by atoms with Crippen molar-refractivity contribution in [2.75, 3.05) is 29.6 Å². The van der Waals surface area contributed by atoms with Crippen LogP contribution in [-0.4, -0.2) is 46.2 Å². The highest BCUT2D eigenvalue weighted by Gasteiger charge is 2.25. The normalized spacial score (nSPS) is 22.5. The van der Waals surface area contributed by atoms with Gasteiger partial charge in [0.25, 0.3) is 0 Å². The monoisotopic (exact) mass is 281 g/mol. The third-order valence-corrected chi connectivity index (χ3v) is 4.66. The van der Waals surface area contributed by atoms with Crippen LogP contribution in [0.5, 0.6) is 0 Å². The van der Waals surface area contributed by atoms with Crippen LogP contribution in [0.3, 0.4) is 0 Å². The smallest absolute Gasteiger partial charge is 0.239 e. The molecule has 0 saturated carbocycles. The fourth-order valence-electron chi connectivity index (χ4n) is 2.56. The second-order valence-electron chi connectivity index (χ2n) is 4.97. The SMILES string of the molecule is O=C(CSCC1CCCCO1)N1CCn2ccnc21. The predicted molar refractivity (Wildman–Crippen MR) is 75.5 cm³/mol. The second kappa shape index (κ2) is 5.96. The molecule has 0 bridgehead atoms. The lowest BCUT2D eigenvalue weighted by Crippen LogP contribution is -2.31. The van der Waals surface area contributed by atoms with Crippen molar-refractivity contribution < 1.29 is 9.53 Å². The molecule has 104 valence electrons. The number of carbonyl (C=O) groups is 1. The van der Waals surface area contributed by atoms with Gasteiger partial charge in [0, 0.05) is 37.8 Å². The summed E-state index contributed by atoms with van der Waals surface area (Å²) in [5.74, 6) is 2.39. The molecule has 0 N–H and O–H groups in total. The largest absolute Gasteiger partial charge is 0.377 e. The van der Waals surface area contributed by atoms with E-state index in [1.807, 2.05) is 10.8 Å². The van der Waals surface area contributed by atoms with Gasteiger partial charge in [0.2, 0.25) is 11.9 Å². The first-order valence-electron chi connectivity index (χ1n) is 6.85. The van der Waals surface area contributed by atoms with Gasteiger partial charge in [-0.2, -0.15) is 0 Å². The number of ether oxygens (including phenoxy) is 1. The molecule has 2 aliphatic heterocycles. The molecule has 0 aliphatic carbocycles. The van der Waals surface area contributed by atoms with Crippen LogP contribution in [0, 0.1) is 0 Å². The van der Waals surface area contributed by atoms with Crippen LogP contribution in [0.2, 0.25) is 0 Å². The number of hydrogen-bond acceptors (Lipinski definition) is 4. The summed E-state index contributed by atoms with van der Waals surface area (Å²) < 4.78 is 7.69. The summed E-state index contributed by atoms with van der Waals surface area (Å²) in [6.07, 6.45) is 7.57. The van der Waals surface area contributed by atoms with Crippen LogP contribution in [-0.2, 0) is 16.1 Å². The minimum Gasteiger partial charge on any atom is -0.377 e. The minimum absolute atomic E-state index is 0.158. The molecule has 1 amide bonds. The summed E-state index contributed by atoms with van der Waals surface area (Å²) in [6.45, 7) is 2.49. The first-order chi connectivity index (χ1) is 9.34. The molecule has 0 aromatic carbocycles. The highest BCUT2D eigenvalue weighted by atomic mass is 32.2. The van der Waals surface area contributed by atoms with Crippen molar-refractivity contribution in [2.45, 2.75) is 31.9 Å². The molecule has 19 heavy (non-hydrogen) atoms. The van der Waals surface area contributed by atoms with Crippen molar-refractivity contribution >= 4 is 23.6 Å². The number of anilines is 1. The molecule has 1 unspecified atom stereocenters. The molecule has 1 atom stereocenters. The molecule has 6 heteroatoms. The Hall–Kier alpha value is -1.01. The Balaban J connectivity index is 1.44. The summed E-state index contributed by atoms with van der Waals surface area (Å²) in [7, 11) is 0. The van der Waals surface area contributed by atoms with Crippen molar-refractivity contribution in [1.29, 1.82) is 0 Å². The van der Waals surface area contributed by atoms with Gasteiger partial charge in [0.15, 0.2) is 0 Å². The number of carbonyl (C=O) groups excluding carboxylic acids is 1. The Bertz CT molecular complexity index is 443. The quantitative estimate of drug-likeness (QED) is 0.840. The minimum atomic E-state index is 0.158. The Morgan fingerprint density at radius 2 is 2.42 bits per heavy atom. The molecular formula is C13H19N3O2S. The number of nitrogens with zero attached hydrogens (tertiary/aromatic N) is 3. The third kappa shape index (κ3) is 2.95. The predicted octanol–water partition coefficient (Wildman–Crippen LogP) is 1.53. The molecule has 1 aromatic rings. The Labute approximate surface area is 117 Å². The van der Waals surface area contributed by atoms with E-state index in [0.29, 0.717) is 11.9 Å². The number of hydrogen-bond donors (Lipinski definition) is 0. The molecule has 5 nitrogen and oxygen atoms in total. The first-order valence-corrected chi connectivity index (χ1v) is 8.01. The van der Waals surface area contributed by atoms with Crippen molar-refractivity contribution in [3.05, 3.63) is 12.4 Å². The van der Waals surface area contributed by atoms with E-state index in [4.69, 9.17) is 4.74 Å².